The first-order valence-electron chi connectivity index (χ1n) is 4.11. The van der Waals surface area contributed by atoms with E-state index in [0.29, 0.717) is 23.1 Å². The highest BCUT2D eigenvalue weighted by atomic mass is 32.2. The second-order valence-corrected chi connectivity index (χ2v) is 3.97. The Balaban J connectivity index is 2.73. The number of benzene rings is 1. The molecule has 1 nitrogen and oxygen atoms in total. The van der Waals surface area contributed by atoms with Crippen LogP contribution in [0.3, 0.4) is 0 Å². The summed E-state index contributed by atoms with van der Waals surface area (Å²) in [5.41, 5.74) is 0.781. The van der Waals surface area contributed by atoms with Crippen LogP contribution in [0.25, 0.3) is 0 Å². The van der Waals surface area contributed by atoms with Crippen molar-refractivity contribution in [3.63, 3.8) is 0 Å². The molecule has 0 N–H and O–H groups in total. The molecule has 0 saturated carbocycles. The van der Waals surface area contributed by atoms with Crippen molar-refractivity contribution in [2.75, 3.05) is 0 Å². The molecule has 0 spiro atoms. The van der Waals surface area contributed by atoms with Crippen molar-refractivity contribution in [3.05, 3.63) is 29.8 Å². The zero-order valence-corrected chi connectivity index (χ0v) is 8.48. The fraction of sp³-hybridized carbons (Fsp3) is 0.300. The van der Waals surface area contributed by atoms with Gasteiger partial charge >= 0.3 is 0 Å². The number of hydrogen-bond acceptors (Lipinski definition) is 2. The number of rotatable bonds is 4. The molecule has 0 heterocycles. The van der Waals surface area contributed by atoms with Crippen molar-refractivity contribution in [3.8, 4) is 0 Å². The van der Waals surface area contributed by atoms with Crippen LogP contribution in [0.2, 0.25) is 0 Å². The molecule has 0 atom stereocenters. The standard InChI is InChI=1S/C10H10F2OS/c1-7(13)5-8-3-2-4-9(6-8)14-10(11)12/h2-4,6,10H,5H2,1H3. The molecule has 0 fully saturated rings. The van der Waals surface area contributed by atoms with Crippen LogP contribution in [0.1, 0.15) is 12.5 Å². The highest BCUT2D eigenvalue weighted by molar-refractivity contribution is 7.99. The van der Waals surface area contributed by atoms with Crippen LogP contribution >= 0.6 is 11.8 Å². The van der Waals surface area contributed by atoms with Crippen LogP contribution in [0.15, 0.2) is 29.2 Å². The molecule has 0 amide bonds. The molecule has 4 heteroatoms. The van der Waals surface area contributed by atoms with Crippen LogP contribution in [-0.2, 0) is 11.2 Å². The van der Waals surface area contributed by atoms with Crippen molar-refractivity contribution in [1.82, 2.24) is 0 Å². The van der Waals surface area contributed by atoms with Gasteiger partial charge in [0.25, 0.3) is 5.76 Å². The average molecular weight is 216 g/mol. The highest BCUT2D eigenvalue weighted by Gasteiger charge is 2.06. The average Bonchev–Trinajstić information content (AvgIpc) is 2.01. The zero-order chi connectivity index (χ0) is 10.6. The third-order valence-electron chi connectivity index (χ3n) is 1.58. The lowest BCUT2D eigenvalue weighted by Crippen LogP contribution is -1.96. The maximum atomic E-state index is 12.0. The quantitative estimate of drug-likeness (QED) is 0.719. The number of Topliss-reactive ketones (excluding diaryl/α,β-unsaturated/α-hetero) is 1. The van der Waals surface area contributed by atoms with Gasteiger partial charge in [0.1, 0.15) is 5.78 Å². The number of carbonyl (C=O) groups excluding carboxylic acids is 1. The predicted molar refractivity (Wildman–Crippen MR) is 52.7 cm³/mol. The number of carbonyl (C=O) groups is 1. The maximum Gasteiger partial charge on any atom is 0.288 e. The first-order valence-corrected chi connectivity index (χ1v) is 4.99. The Bertz CT molecular complexity index is 326. The summed E-state index contributed by atoms with van der Waals surface area (Å²) in [6, 6.07) is 6.68. The van der Waals surface area contributed by atoms with E-state index in [4.69, 9.17) is 0 Å². The summed E-state index contributed by atoms with van der Waals surface area (Å²) in [6.45, 7) is 1.48. The largest absolute Gasteiger partial charge is 0.300 e. The molecule has 1 aromatic carbocycles. The monoisotopic (exact) mass is 216 g/mol. The summed E-state index contributed by atoms with van der Waals surface area (Å²) in [5.74, 6) is -2.38. The van der Waals surface area contributed by atoms with Crippen molar-refractivity contribution in [2.24, 2.45) is 0 Å². The Hall–Kier alpha value is -0.900. The first kappa shape index (κ1) is 11.2. The summed E-state index contributed by atoms with van der Waals surface area (Å²) in [7, 11) is 0. The summed E-state index contributed by atoms with van der Waals surface area (Å²) in [5, 5.41) is 0. The molecule has 0 aliphatic carbocycles. The summed E-state index contributed by atoms with van der Waals surface area (Å²) < 4.78 is 24.0. The summed E-state index contributed by atoms with van der Waals surface area (Å²) in [6.07, 6.45) is 0.303. The minimum atomic E-state index is -2.41. The molecule has 0 aromatic heterocycles. The van der Waals surface area contributed by atoms with Gasteiger partial charge in [0.2, 0.25) is 0 Å². The van der Waals surface area contributed by atoms with Gasteiger partial charge in [-0.25, -0.2) is 0 Å². The van der Waals surface area contributed by atoms with E-state index in [-0.39, 0.29) is 5.78 Å². The van der Waals surface area contributed by atoms with Gasteiger partial charge in [-0.05, 0) is 24.6 Å². The topological polar surface area (TPSA) is 17.1 Å². The Morgan fingerprint density at radius 3 is 2.79 bits per heavy atom. The van der Waals surface area contributed by atoms with E-state index in [9.17, 15) is 13.6 Å². The van der Waals surface area contributed by atoms with Gasteiger partial charge in [-0.15, -0.1) is 0 Å². The molecule has 0 radical (unpaired) electrons. The van der Waals surface area contributed by atoms with E-state index < -0.39 is 5.76 Å². The molecule has 0 saturated heterocycles. The zero-order valence-electron chi connectivity index (χ0n) is 7.67. The number of alkyl halides is 2. The van der Waals surface area contributed by atoms with E-state index in [1.807, 2.05) is 0 Å². The second kappa shape index (κ2) is 5.10. The van der Waals surface area contributed by atoms with Gasteiger partial charge in [-0.3, -0.25) is 4.79 Å². The molecule has 14 heavy (non-hydrogen) atoms. The summed E-state index contributed by atoms with van der Waals surface area (Å²) >= 11 is 0.495. The van der Waals surface area contributed by atoms with Gasteiger partial charge in [0.15, 0.2) is 0 Å². The number of ketones is 1. The lowest BCUT2D eigenvalue weighted by Gasteiger charge is -2.02. The third kappa shape index (κ3) is 3.87. The van der Waals surface area contributed by atoms with Gasteiger partial charge in [0, 0.05) is 11.3 Å². The van der Waals surface area contributed by atoms with Crippen LogP contribution < -0.4 is 0 Å². The van der Waals surface area contributed by atoms with Crippen molar-refractivity contribution >= 4 is 17.5 Å². The van der Waals surface area contributed by atoms with E-state index in [1.54, 1.807) is 24.3 Å². The van der Waals surface area contributed by atoms with Gasteiger partial charge < -0.3 is 0 Å². The van der Waals surface area contributed by atoms with E-state index in [0.717, 1.165) is 5.56 Å². The van der Waals surface area contributed by atoms with Crippen LogP contribution in [-0.4, -0.2) is 11.5 Å². The minimum absolute atomic E-state index is 0.0317. The Morgan fingerprint density at radius 2 is 2.21 bits per heavy atom. The molecule has 0 aliphatic rings. The maximum absolute atomic E-state index is 12.0. The molecule has 0 unspecified atom stereocenters. The molecule has 1 aromatic rings. The molecule has 76 valence electrons. The van der Waals surface area contributed by atoms with Gasteiger partial charge in [-0.2, -0.15) is 8.78 Å². The third-order valence-corrected chi connectivity index (χ3v) is 2.28. The number of hydrogen-bond donors (Lipinski definition) is 0. The fourth-order valence-electron chi connectivity index (χ4n) is 1.12. The van der Waals surface area contributed by atoms with E-state index >= 15 is 0 Å². The molecule has 0 bridgehead atoms. The van der Waals surface area contributed by atoms with Crippen LogP contribution in [0.5, 0.6) is 0 Å². The molecular weight excluding hydrogens is 206 g/mol. The molecule has 1 rings (SSSR count). The van der Waals surface area contributed by atoms with E-state index in [1.165, 1.54) is 6.92 Å². The van der Waals surface area contributed by atoms with Crippen LogP contribution in [0, 0.1) is 0 Å². The smallest absolute Gasteiger partial charge is 0.288 e. The van der Waals surface area contributed by atoms with Crippen molar-refractivity contribution < 1.29 is 13.6 Å². The van der Waals surface area contributed by atoms with Crippen molar-refractivity contribution in [2.45, 2.75) is 24.0 Å². The minimum Gasteiger partial charge on any atom is -0.300 e. The lowest BCUT2D eigenvalue weighted by atomic mass is 10.1. The lowest BCUT2D eigenvalue weighted by molar-refractivity contribution is -0.116. The number of halogens is 2. The van der Waals surface area contributed by atoms with E-state index in [2.05, 4.69) is 0 Å². The first-order chi connectivity index (χ1) is 6.58. The Labute approximate surface area is 85.5 Å². The summed E-state index contributed by atoms with van der Waals surface area (Å²) in [4.78, 5) is 11.3. The Morgan fingerprint density at radius 1 is 1.50 bits per heavy atom. The fourth-order valence-corrected chi connectivity index (χ4v) is 1.70. The second-order valence-electron chi connectivity index (χ2n) is 2.90. The van der Waals surface area contributed by atoms with Crippen molar-refractivity contribution in [1.29, 1.82) is 0 Å². The van der Waals surface area contributed by atoms with Gasteiger partial charge in [-0.1, -0.05) is 23.9 Å². The predicted octanol–water partition coefficient (Wildman–Crippen LogP) is 3.13. The molecular formula is C10H10F2OS. The normalized spacial score (nSPS) is 10.6. The highest BCUT2D eigenvalue weighted by Crippen LogP contribution is 2.25. The SMILES string of the molecule is CC(=O)Cc1cccc(SC(F)F)c1. The van der Waals surface area contributed by atoms with Gasteiger partial charge in [0.05, 0.1) is 0 Å². The van der Waals surface area contributed by atoms with Crippen LogP contribution in [0.4, 0.5) is 8.78 Å². The Kier molecular flexibility index (Phi) is 4.07. The molecule has 0 aliphatic heterocycles. The number of thioether (sulfide) groups is 1.